The Morgan fingerprint density at radius 3 is 2.90 bits per heavy atom. The quantitative estimate of drug-likeness (QED) is 0.657. The van der Waals surface area contributed by atoms with Crippen LogP contribution in [0.1, 0.15) is 35.8 Å². The van der Waals surface area contributed by atoms with Crippen molar-refractivity contribution in [3.05, 3.63) is 23.4 Å². The topological polar surface area (TPSA) is 37.4 Å². The molecule has 6 heteroatoms. The van der Waals surface area contributed by atoms with Crippen molar-refractivity contribution in [2.24, 2.45) is 0 Å². The highest BCUT2D eigenvalue weighted by molar-refractivity contribution is 8.68. The molecule has 116 valence electrons. The largest absolute Gasteiger partial charge is 0.381 e. The first-order valence-corrected chi connectivity index (χ1v) is 9.57. The minimum atomic E-state index is 0.309. The van der Waals surface area contributed by atoms with E-state index in [-0.39, 0.29) is 0 Å². The average Bonchev–Trinajstić information content (AvgIpc) is 3.08. The zero-order valence-corrected chi connectivity index (χ0v) is 14.1. The predicted octanol–water partition coefficient (Wildman–Crippen LogP) is 2.63. The Labute approximate surface area is 135 Å². The zero-order chi connectivity index (χ0) is 14.7. The molecule has 0 aliphatic carbocycles. The van der Waals surface area contributed by atoms with Gasteiger partial charge in [0.25, 0.3) is 0 Å². The minimum absolute atomic E-state index is 0.309. The van der Waals surface area contributed by atoms with E-state index in [1.54, 1.807) is 10.8 Å². The molecular formula is C15H23N3OS2. The lowest BCUT2D eigenvalue weighted by atomic mass is 9.98. The van der Waals surface area contributed by atoms with Gasteiger partial charge in [-0.3, -0.25) is 0 Å². The van der Waals surface area contributed by atoms with Gasteiger partial charge < -0.3 is 15.0 Å². The number of aromatic nitrogens is 1. The van der Waals surface area contributed by atoms with E-state index in [0.717, 1.165) is 51.5 Å². The number of nitrogens with one attached hydrogen (secondary N) is 1. The standard InChI is InChI=1S/C15H23N3OS2/c1-11(21-20)14-3-2-13(12-4-9-19-10-12)15(17-14)18-7-5-16-6-8-18/h2-3,11-12,16,20H,4-10H2,1H3/t11?,12-/m1/s1. The smallest absolute Gasteiger partial charge is 0.132 e. The molecule has 0 spiro atoms. The third-order valence-corrected chi connectivity index (χ3v) is 5.79. The van der Waals surface area contributed by atoms with Gasteiger partial charge in [0.15, 0.2) is 0 Å². The highest BCUT2D eigenvalue weighted by Crippen LogP contribution is 2.36. The van der Waals surface area contributed by atoms with Crippen LogP contribution in [0.3, 0.4) is 0 Å². The van der Waals surface area contributed by atoms with Crippen molar-refractivity contribution in [2.45, 2.75) is 24.5 Å². The lowest BCUT2D eigenvalue weighted by Gasteiger charge is -2.31. The molecule has 1 N–H and O–H groups in total. The molecule has 2 saturated heterocycles. The summed E-state index contributed by atoms with van der Waals surface area (Å²) in [5, 5.41) is 3.72. The molecule has 2 aliphatic heterocycles. The van der Waals surface area contributed by atoms with Crippen LogP contribution in [0.25, 0.3) is 0 Å². The molecule has 0 amide bonds. The first-order valence-electron chi connectivity index (χ1n) is 7.64. The van der Waals surface area contributed by atoms with Crippen LogP contribution < -0.4 is 10.2 Å². The van der Waals surface area contributed by atoms with Gasteiger partial charge in [-0.25, -0.2) is 4.98 Å². The molecule has 3 rings (SSSR count). The van der Waals surface area contributed by atoms with E-state index in [4.69, 9.17) is 9.72 Å². The van der Waals surface area contributed by atoms with Crippen molar-refractivity contribution in [3.8, 4) is 0 Å². The Morgan fingerprint density at radius 1 is 1.43 bits per heavy atom. The van der Waals surface area contributed by atoms with Crippen molar-refractivity contribution in [2.75, 3.05) is 44.3 Å². The predicted molar refractivity (Wildman–Crippen MR) is 92.5 cm³/mol. The summed E-state index contributed by atoms with van der Waals surface area (Å²) >= 11 is 4.33. The molecule has 3 heterocycles. The number of piperazine rings is 1. The number of nitrogens with zero attached hydrogens (tertiary/aromatic N) is 2. The van der Waals surface area contributed by atoms with Gasteiger partial charge in [-0.1, -0.05) is 16.9 Å². The molecule has 2 atom stereocenters. The van der Waals surface area contributed by atoms with E-state index in [1.807, 2.05) is 0 Å². The molecule has 4 nitrogen and oxygen atoms in total. The van der Waals surface area contributed by atoms with Crippen molar-refractivity contribution in [3.63, 3.8) is 0 Å². The van der Waals surface area contributed by atoms with Crippen LogP contribution in [0.5, 0.6) is 0 Å². The Balaban J connectivity index is 1.93. The van der Waals surface area contributed by atoms with E-state index in [0.29, 0.717) is 11.2 Å². The summed E-state index contributed by atoms with van der Waals surface area (Å²) in [5.74, 6) is 1.66. The molecular weight excluding hydrogens is 302 g/mol. The summed E-state index contributed by atoms with van der Waals surface area (Å²) < 4.78 is 5.58. The maximum absolute atomic E-state index is 5.58. The van der Waals surface area contributed by atoms with Crippen LogP contribution in [0.2, 0.25) is 0 Å². The van der Waals surface area contributed by atoms with E-state index >= 15 is 0 Å². The summed E-state index contributed by atoms with van der Waals surface area (Å²) in [7, 11) is 1.55. The Morgan fingerprint density at radius 2 is 2.24 bits per heavy atom. The van der Waals surface area contributed by atoms with Crippen LogP contribution >= 0.6 is 22.5 Å². The van der Waals surface area contributed by atoms with Crippen LogP contribution in [-0.4, -0.2) is 44.4 Å². The second kappa shape index (κ2) is 7.22. The number of ether oxygens (including phenoxy) is 1. The van der Waals surface area contributed by atoms with Crippen molar-refractivity contribution in [1.29, 1.82) is 0 Å². The summed E-state index contributed by atoms with van der Waals surface area (Å²) in [6, 6.07) is 4.42. The van der Waals surface area contributed by atoms with E-state index in [9.17, 15) is 0 Å². The van der Waals surface area contributed by atoms with Crippen LogP contribution in [0, 0.1) is 0 Å². The van der Waals surface area contributed by atoms with Crippen LogP contribution in [0.15, 0.2) is 12.1 Å². The first kappa shape index (κ1) is 15.5. The molecule has 1 aromatic heterocycles. The number of pyridine rings is 1. The second-order valence-electron chi connectivity index (χ2n) is 5.69. The maximum atomic E-state index is 5.58. The number of anilines is 1. The van der Waals surface area contributed by atoms with Crippen molar-refractivity contribution in [1.82, 2.24) is 10.3 Å². The number of rotatable bonds is 4. The van der Waals surface area contributed by atoms with E-state index in [2.05, 4.69) is 40.9 Å². The Bertz CT molecular complexity index is 474. The van der Waals surface area contributed by atoms with Crippen molar-refractivity contribution < 1.29 is 4.74 Å². The van der Waals surface area contributed by atoms with Gasteiger partial charge in [0.05, 0.1) is 17.6 Å². The highest BCUT2D eigenvalue weighted by Gasteiger charge is 2.25. The fourth-order valence-corrected chi connectivity index (χ4v) is 3.55. The first-order chi connectivity index (χ1) is 10.3. The number of thiol groups is 1. The average molecular weight is 326 g/mol. The van der Waals surface area contributed by atoms with Crippen LogP contribution in [-0.2, 0) is 4.74 Å². The summed E-state index contributed by atoms with van der Waals surface area (Å²) in [4.78, 5) is 7.40. The minimum Gasteiger partial charge on any atom is -0.381 e. The number of hydrogen-bond acceptors (Lipinski definition) is 6. The lowest BCUT2D eigenvalue weighted by molar-refractivity contribution is 0.194. The molecule has 0 aromatic carbocycles. The number of hydrogen-bond donors (Lipinski definition) is 2. The molecule has 2 aliphatic rings. The summed E-state index contributed by atoms with van der Waals surface area (Å²) in [6.45, 7) is 7.97. The van der Waals surface area contributed by atoms with Gasteiger partial charge in [-0.2, -0.15) is 0 Å². The van der Waals surface area contributed by atoms with Gasteiger partial charge in [0.2, 0.25) is 0 Å². The molecule has 1 unspecified atom stereocenters. The van der Waals surface area contributed by atoms with Crippen LogP contribution in [0.4, 0.5) is 5.82 Å². The van der Waals surface area contributed by atoms with Gasteiger partial charge in [-0.15, -0.1) is 11.7 Å². The second-order valence-corrected chi connectivity index (χ2v) is 7.24. The highest BCUT2D eigenvalue weighted by atomic mass is 33.1. The zero-order valence-electron chi connectivity index (χ0n) is 12.4. The normalized spacial score (nSPS) is 24.3. The van der Waals surface area contributed by atoms with Gasteiger partial charge in [-0.05, 0) is 19.4 Å². The molecule has 0 saturated carbocycles. The lowest BCUT2D eigenvalue weighted by Crippen LogP contribution is -2.44. The van der Waals surface area contributed by atoms with Crippen molar-refractivity contribution >= 4 is 28.3 Å². The molecule has 2 fully saturated rings. The van der Waals surface area contributed by atoms with E-state index < -0.39 is 0 Å². The summed E-state index contributed by atoms with van der Waals surface area (Å²) in [6.07, 6.45) is 1.11. The van der Waals surface area contributed by atoms with Gasteiger partial charge in [0.1, 0.15) is 5.82 Å². The molecule has 0 radical (unpaired) electrons. The van der Waals surface area contributed by atoms with E-state index in [1.165, 1.54) is 11.4 Å². The molecule has 21 heavy (non-hydrogen) atoms. The van der Waals surface area contributed by atoms with Gasteiger partial charge in [0, 0.05) is 44.3 Å². The Kier molecular flexibility index (Phi) is 5.32. The molecule has 1 aromatic rings. The van der Waals surface area contributed by atoms with Gasteiger partial charge >= 0.3 is 0 Å². The molecule has 0 bridgehead atoms. The summed E-state index contributed by atoms with van der Waals surface area (Å²) in [5.41, 5.74) is 2.47. The fraction of sp³-hybridized carbons (Fsp3) is 0.667. The monoisotopic (exact) mass is 325 g/mol. The maximum Gasteiger partial charge on any atom is 0.132 e. The Hall–Kier alpha value is -0.430. The SMILES string of the molecule is CC(SS)c1ccc([C@@H]2CCOC2)c(N2CCNCC2)n1. The third-order valence-electron chi connectivity index (χ3n) is 4.29. The third kappa shape index (κ3) is 3.50. The fourth-order valence-electron chi connectivity index (χ4n) is 2.98.